The molecule has 188 valence electrons. The van der Waals surface area contributed by atoms with Crippen molar-refractivity contribution >= 4 is 33.1 Å². The molecule has 4 rings (SSSR count). The van der Waals surface area contributed by atoms with E-state index in [-0.39, 0.29) is 0 Å². The summed E-state index contributed by atoms with van der Waals surface area (Å²) in [6.07, 6.45) is 7.83. The summed E-state index contributed by atoms with van der Waals surface area (Å²) in [6.45, 7) is 4.60. The SMILES string of the molecule is N#[N+]Nc1ccc(N2CCCCC2)cc1.N#[N+]Nc1ccc(N2CCCCC2)cc1.O=S(=O)([O-])[O-]. The molecule has 2 aliphatic heterocycles. The van der Waals surface area contributed by atoms with Crippen molar-refractivity contribution in [3.63, 3.8) is 0 Å². The quantitative estimate of drug-likeness (QED) is 0.265. The van der Waals surface area contributed by atoms with E-state index < -0.39 is 10.4 Å². The first kappa shape index (κ1) is 27.6. The molecular weight excluding hydrogens is 472 g/mol. The Labute approximate surface area is 205 Å². The molecular formula is C22H30N8O4S. The largest absolute Gasteiger partial charge is 0.759 e. The summed E-state index contributed by atoms with van der Waals surface area (Å²) in [7, 11) is -5.17. The Balaban J connectivity index is 0.000000208. The Kier molecular flexibility index (Phi) is 11.5. The summed E-state index contributed by atoms with van der Waals surface area (Å²) in [5.41, 5.74) is 9.10. The fourth-order valence-electron chi connectivity index (χ4n) is 3.91. The first-order valence-corrected chi connectivity index (χ1v) is 12.7. The van der Waals surface area contributed by atoms with Crippen LogP contribution in [0.4, 0.5) is 22.7 Å². The maximum Gasteiger partial charge on any atom is 0.308 e. The first-order valence-electron chi connectivity index (χ1n) is 11.4. The standard InChI is InChI=1S/2C11H15N4.H2O4S/c2*12-14-13-10-4-6-11(7-5-10)15-8-2-1-3-9-15;1-5(2,3)4/h2*4-7,13H,1-3,8-9H2;(H2,1,2,3,4)/q2*+1;/p-2. The zero-order valence-corrected chi connectivity index (χ0v) is 20.2. The van der Waals surface area contributed by atoms with Crippen LogP contribution >= 0.6 is 0 Å². The predicted molar refractivity (Wildman–Crippen MR) is 133 cm³/mol. The number of nitrogens with zero attached hydrogens (tertiary/aromatic N) is 6. The van der Waals surface area contributed by atoms with E-state index in [1.54, 1.807) is 0 Å². The number of diazo groups is 2. The Bertz CT molecular complexity index is 989. The van der Waals surface area contributed by atoms with Gasteiger partial charge >= 0.3 is 10.2 Å². The van der Waals surface area contributed by atoms with Gasteiger partial charge in [-0.25, -0.2) is 0 Å². The third-order valence-electron chi connectivity index (χ3n) is 5.54. The Morgan fingerprint density at radius 2 is 0.914 bits per heavy atom. The van der Waals surface area contributed by atoms with Gasteiger partial charge in [-0.1, -0.05) is 0 Å². The number of anilines is 4. The highest BCUT2D eigenvalue weighted by Crippen LogP contribution is 2.22. The van der Waals surface area contributed by atoms with Crippen LogP contribution in [-0.4, -0.2) is 43.7 Å². The summed E-state index contributed by atoms with van der Waals surface area (Å²) < 4.78 is 34.1. The van der Waals surface area contributed by atoms with Gasteiger partial charge in [-0.3, -0.25) is 8.42 Å². The van der Waals surface area contributed by atoms with Crippen molar-refractivity contribution in [3.05, 3.63) is 58.7 Å². The molecule has 2 aliphatic rings. The number of benzene rings is 2. The molecule has 0 aliphatic carbocycles. The lowest BCUT2D eigenvalue weighted by atomic mass is 10.1. The second-order valence-electron chi connectivity index (χ2n) is 8.02. The van der Waals surface area contributed by atoms with E-state index in [0.29, 0.717) is 0 Å². The molecule has 2 aromatic rings. The normalized spacial score (nSPS) is 15.2. The van der Waals surface area contributed by atoms with Gasteiger partial charge in [0.2, 0.25) is 0 Å². The fourth-order valence-corrected chi connectivity index (χ4v) is 3.91. The van der Waals surface area contributed by atoms with Gasteiger partial charge in [0, 0.05) is 48.0 Å². The molecule has 0 saturated carbocycles. The van der Waals surface area contributed by atoms with E-state index in [9.17, 15) is 0 Å². The minimum absolute atomic E-state index is 0.804. The zero-order valence-electron chi connectivity index (χ0n) is 19.4. The van der Waals surface area contributed by atoms with Crippen LogP contribution in [-0.2, 0) is 10.4 Å². The summed E-state index contributed by atoms with van der Waals surface area (Å²) >= 11 is 0. The zero-order chi connectivity index (χ0) is 25.5. The summed E-state index contributed by atoms with van der Waals surface area (Å²) in [5, 5.41) is 22.5. The lowest BCUT2D eigenvalue weighted by Crippen LogP contribution is -2.29. The molecule has 2 N–H and O–H groups in total. The van der Waals surface area contributed by atoms with Gasteiger partial charge in [-0.15, -0.1) is 0 Å². The molecule has 2 fully saturated rings. The summed E-state index contributed by atoms with van der Waals surface area (Å²) in [6, 6.07) is 15.9. The van der Waals surface area contributed by atoms with Gasteiger partial charge in [0.05, 0.1) is 0 Å². The molecule has 2 saturated heterocycles. The van der Waals surface area contributed by atoms with E-state index in [1.165, 1.54) is 49.9 Å². The fraction of sp³-hybridized carbons (Fsp3) is 0.455. The monoisotopic (exact) mass is 502 g/mol. The van der Waals surface area contributed by atoms with Crippen LogP contribution < -0.4 is 20.7 Å². The van der Waals surface area contributed by atoms with Crippen molar-refractivity contribution in [1.29, 1.82) is 10.8 Å². The van der Waals surface area contributed by atoms with Crippen LogP contribution in [0.15, 0.2) is 48.5 Å². The highest BCUT2D eigenvalue weighted by Gasteiger charge is 2.11. The van der Waals surface area contributed by atoms with Crippen LogP contribution in [0.3, 0.4) is 0 Å². The smallest absolute Gasteiger partial charge is 0.308 e. The average molecular weight is 503 g/mol. The number of hydrogen-bond acceptors (Lipinski definition) is 10. The molecule has 12 nitrogen and oxygen atoms in total. The lowest BCUT2D eigenvalue weighted by molar-refractivity contribution is 0.352. The van der Waals surface area contributed by atoms with Crippen LogP contribution in [0.2, 0.25) is 0 Å². The van der Waals surface area contributed by atoms with Crippen molar-refractivity contribution in [3.8, 4) is 0 Å². The van der Waals surface area contributed by atoms with Gasteiger partial charge < -0.3 is 18.9 Å². The van der Waals surface area contributed by atoms with E-state index in [2.05, 4.69) is 55.1 Å². The Morgan fingerprint density at radius 3 is 1.17 bits per heavy atom. The van der Waals surface area contributed by atoms with Crippen LogP contribution in [0, 0.1) is 10.8 Å². The van der Waals surface area contributed by atoms with Gasteiger partial charge in [0.15, 0.2) is 0 Å². The van der Waals surface area contributed by atoms with Gasteiger partial charge in [0.25, 0.3) is 10.8 Å². The molecule has 0 atom stereocenters. The molecule has 0 amide bonds. The lowest BCUT2D eigenvalue weighted by Gasteiger charge is -2.28. The van der Waals surface area contributed by atoms with E-state index in [4.69, 9.17) is 28.3 Å². The minimum Gasteiger partial charge on any atom is -0.759 e. The average Bonchev–Trinajstić information content (AvgIpc) is 2.86. The number of piperidine rings is 2. The van der Waals surface area contributed by atoms with Crippen molar-refractivity contribution in [2.45, 2.75) is 38.5 Å². The maximum absolute atomic E-state index is 8.52. The molecule has 0 bridgehead atoms. The van der Waals surface area contributed by atoms with E-state index in [1.807, 2.05) is 24.3 Å². The van der Waals surface area contributed by atoms with Gasteiger partial charge in [-0.05, 0) is 97.9 Å². The van der Waals surface area contributed by atoms with Crippen molar-refractivity contribution in [2.75, 3.05) is 46.8 Å². The number of rotatable bonds is 4. The number of nitrogens with one attached hydrogen (secondary N) is 2. The number of hydrogen-bond donors (Lipinski definition) is 2. The highest BCUT2D eigenvalue weighted by molar-refractivity contribution is 7.79. The van der Waals surface area contributed by atoms with Crippen molar-refractivity contribution in [2.24, 2.45) is 0 Å². The predicted octanol–water partition coefficient (Wildman–Crippen LogP) is 4.38. The third kappa shape index (κ3) is 11.4. The third-order valence-corrected chi connectivity index (χ3v) is 5.54. The molecule has 2 heterocycles. The van der Waals surface area contributed by atoms with E-state index >= 15 is 0 Å². The maximum atomic E-state index is 8.52. The highest BCUT2D eigenvalue weighted by atomic mass is 32.3. The molecule has 0 radical (unpaired) electrons. The van der Waals surface area contributed by atoms with Crippen LogP contribution in [0.5, 0.6) is 0 Å². The molecule has 13 heteroatoms. The Hall–Kier alpha value is -3.65. The summed E-state index contributed by atoms with van der Waals surface area (Å²) in [4.78, 5) is 4.78. The van der Waals surface area contributed by atoms with E-state index in [0.717, 1.165) is 37.6 Å². The Morgan fingerprint density at radius 1 is 0.629 bits per heavy atom. The molecule has 35 heavy (non-hydrogen) atoms. The van der Waals surface area contributed by atoms with Gasteiger partial charge in [-0.2, -0.15) is 0 Å². The topological polar surface area (TPSA) is 167 Å². The van der Waals surface area contributed by atoms with Crippen LogP contribution in [0.1, 0.15) is 38.5 Å². The minimum atomic E-state index is -5.17. The second-order valence-corrected chi connectivity index (χ2v) is 8.84. The van der Waals surface area contributed by atoms with Crippen molar-refractivity contribution in [1.82, 2.24) is 0 Å². The molecule has 0 aromatic heterocycles. The molecule has 2 aromatic carbocycles. The van der Waals surface area contributed by atoms with Gasteiger partial charge in [0.1, 0.15) is 11.4 Å². The van der Waals surface area contributed by atoms with Crippen molar-refractivity contribution < 1.29 is 17.5 Å². The summed E-state index contributed by atoms with van der Waals surface area (Å²) in [5.74, 6) is 0. The van der Waals surface area contributed by atoms with Crippen LogP contribution in [0.25, 0.3) is 10.2 Å². The first-order chi connectivity index (χ1) is 16.8. The molecule has 0 spiro atoms. The second kappa shape index (κ2) is 14.6. The molecule has 0 unspecified atom stereocenters.